The molecule has 2 amide bonds. The average molecular weight is 345 g/mol. The highest BCUT2D eigenvalue weighted by Gasteiger charge is 2.58. The third-order valence-corrected chi connectivity index (χ3v) is 6.58. The van der Waals surface area contributed by atoms with E-state index in [0.717, 1.165) is 32.1 Å². The Balaban J connectivity index is 1.50. The highest BCUT2D eigenvalue weighted by atomic mass is 16.5. The molecule has 5 rings (SSSR count). The minimum absolute atomic E-state index is 0.117. The van der Waals surface area contributed by atoms with Crippen molar-refractivity contribution in [2.24, 2.45) is 28.9 Å². The summed E-state index contributed by atoms with van der Waals surface area (Å²) in [7, 11) is 0. The van der Waals surface area contributed by atoms with E-state index in [2.05, 4.69) is 10.5 Å². The number of nitrogens with zero attached hydrogens (tertiary/aromatic N) is 1. The first-order valence-corrected chi connectivity index (χ1v) is 9.26. The van der Waals surface area contributed by atoms with Gasteiger partial charge >= 0.3 is 0 Å². The van der Waals surface area contributed by atoms with Crippen LogP contribution in [0.1, 0.15) is 69.1 Å². The lowest BCUT2D eigenvalue weighted by atomic mass is 9.47. The minimum atomic E-state index is -0.328. The predicted octanol–water partition coefficient (Wildman–Crippen LogP) is 2.38. The van der Waals surface area contributed by atoms with Gasteiger partial charge in [0.2, 0.25) is 5.91 Å². The fraction of sp³-hybridized carbons (Fsp3) is 0.737. The number of primary amides is 1. The van der Waals surface area contributed by atoms with Gasteiger partial charge in [-0.25, -0.2) is 0 Å². The van der Waals surface area contributed by atoms with Gasteiger partial charge in [0.25, 0.3) is 5.91 Å². The molecule has 4 aliphatic carbocycles. The van der Waals surface area contributed by atoms with E-state index in [1.165, 1.54) is 0 Å². The molecule has 3 N–H and O–H groups in total. The number of nitrogens with two attached hydrogens (primary N) is 1. The second-order valence-electron chi connectivity index (χ2n) is 9.44. The van der Waals surface area contributed by atoms with Crippen molar-refractivity contribution in [3.63, 3.8) is 0 Å². The SMILES string of the molecule is CC(C)(C)c1cc(C(=O)N[C@H]2C3CC4CC2C[C@](C(N)=O)(C4)C3)no1. The van der Waals surface area contributed by atoms with Gasteiger partial charge in [0.05, 0.1) is 0 Å². The van der Waals surface area contributed by atoms with E-state index in [9.17, 15) is 9.59 Å². The van der Waals surface area contributed by atoms with Crippen molar-refractivity contribution >= 4 is 11.8 Å². The van der Waals surface area contributed by atoms with Crippen LogP contribution in [0.5, 0.6) is 0 Å². The summed E-state index contributed by atoms with van der Waals surface area (Å²) in [5, 5.41) is 7.13. The van der Waals surface area contributed by atoms with Crippen molar-refractivity contribution in [1.82, 2.24) is 10.5 Å². The molecule has 0 saturated heterocycles. The van der Waals surface area contributed by atoms with E-state index in [-0.39, 0.29) is 28.7 Å². The van der Waals surface area contributed by atoms with Crippen LogP contribution in [0.3, 0.4) is 0 Å². The zero-order valence-corrected chi connectivity index (χ0v) is 15.2. The standard InChI is InChI=1S/C19H27N3O3/c1-18(2,3)14-6-13(22-25-14)16(23)21-15-11-4-10-5-12(15)9-19(7-10,8-11)17(20)24/h6,10-12,15H,4-5,7-9H2,1-3H3,(H2,20,24)(H,21,23)/t10?,11?,12?,15-,19-. The first-order chi connectivity index (χ1) is 11.7. The van der Waals surface area contributed by atoms with Crippen LogP contribution in [0.15, 0.2) is 10.6 Å². The number of aromatic nitrogens is 1. The molecule has 2 atom stereocenters. The second-order valence-corrected chi connectivity index (χ2v) is 9.44. The Labute approximate surface area is 147 Å². The van der Waals surface area contributed by atoms with Crippen LogP contribution in [0.4, 0.5) is 0 Å². The molecule has 1 aromatic rings. The topological polar surface area (TPSA) is 98.2 Å². The third-order valence-electron chi connectivity index (χ3n) is 6.58. The van der Waals surface area contributed by atoms with Crippen molar-refractivity contribution in [2.75, 3.05) is 0 Å². The highest BCUT2D eigenvalue weighted by Crippen LogP contribution is 2.59. The molecule has 1 heterocycles. The Morgan fingerprint density at radius 1 is 1.24 bits per heavy atom. The summed E-state index contributed by atoms with van der Waals surface area (Å²) in [6.45, 7) is 6.07. The molecule has 0 aromatic carbocycles. The molecular weight excluding hydrogens is 318 g/mol. The summed E-state index contributed by atoms with van der Waals surface area (Å²) in [6, 6.07) is 1.85. The Bertz CT molecular complexity index is 702. The number of carbonyl (C=O) groups is 2. The molecule has 25 heavy (non-hydrogen) atoms. The third kappa shape index (κ3) is 2.66. The van der Waals surface area contributed by atoms with Crippen LogP contribution >= 0.6 is 0 Å². The molecule has 2 unspecified atom stereocenters. The zero-order valence-electron chi connectivity index (χ0n) is 15.2. The van der Waals surface area contributed by atoms with Gasteiger partial charge in [0.15, 0.2) is 5.69 Å². The van der Waals surface area contributed by atoms with Gasteiger partial charge in [-0.05, 0) is 49.9 Å². The van der Waals surface area contributed by atoms with Crippen LogP contribution in [-0.2, 0) is 10.2 Å². The monoisotopic (exact) mass is 345 g/mol. The molecule has 6 nitrogen and oxygen atoms in total. The molecule has 4 fully saturated rings. The second kappa shape index (κ2) is 5.32. The lowest BCUT2D eigenvalue weighted by Crippen LogP contribution is -2.62. The fourth-order valence-corrected chi connectivity index (χ4v) is 5.52. The Morgan fingerprint density at radius 2 is 1.88 bits per heavy atom. The first kappa shape index (κ1) is 16.6. The van der Waals surface area contributed by atoms with Crippen molar-refractivity contribution in [1.29, 1.82) is 0 Å². The van der Waals surface area contributed by atoms with Crippen molar-refractivity contribution in [3.05, 3.63) is 17.5 Å². The van der Waals surface area contributed by atoms with Gasteiger partial charge in [-0.15, -0.1) is 0 Å². The van der Waals surface area contributed by atoms with E-state index in [0.29, 0.717) is 29.2 Å². The van der Waals surface area contributed by atoms with Crippen molar-refractivity contribution < 1.29 is 14.1 Å². The number of amides is 2. The maximum Gasteiger partial charge on any atom is 0.273 e. The molecule has 6 heteroatoms. The molecule has 0 radical (unpaired) electrons. The summed E-state index contributed by atoms with van der Waals surface area (Å²) >= 11 is 0. The molecule has 4 aliphatic rings. The van der Waals surface area contributed by atoms with Crippen molar-refractivity contribution in [3.8, 4) is 0 Å². The maximum absolute atomic E-state index is 12.7. The van der Waals surface area contributed by atoms with E-state index in [4.69, 9.17) is 10.3 Å². The number of carbonyl (C=O) groups excluding carboxylic acids is 2. The van der Waals surface area contributed by atoms with Gasteiger partial charge in [0, 0.05) is 22.9 Å². The molecule has 1 aromatic heterocycles. The largest absolute Gasteiger partial charge is 0.369 e. The van der Waals surface area contributed by atoms with Gasteiger partial charge < -0.3 is 15.6 Å². The molecular formula is C19H27N3O3. The van der Waals surface area contributed by atoms with Crippen LogP contribution in [0.2, 0.25) is 0 Å². The van der Waals surface area contributed by atoms with Crippen LogP contribution in [0, 0.1) is 23.2 Å². The quantitative estimate of drug-likeness (QED) is 0.878. The smallest absolute Gasteiger partial charge is 0.273 e. The van der Waals surface area contributed by atoms with E-state index in [1.54, 1.807) is 6.07 Å². The number of nitrogens with one attached hydrogen (secondary N) is 1. The van der Waals surface area contributed by atoms with E-state index < -0.39 is 0 Å². The number of hydrogen-bond donors (Lipinski definition) is 2. The molecule has 136 valence electrons. The highest BCUT2D eigenvalue weighted by molar-refractivity contribution is 5.92. The normalized spacial score (nSPS) is 36.4. The predicted molar refractivity (Wildman–Crippen MR) is 91.6 cm³/mol. The Hall–Kier alpha value is -1.85. The summed E-state index contributed by atoms with van der Waals surface area (Å²) in [4.78, 5) is 24.7. The molecule has 4 saturated carbocycles. The summed E-state index contributed by atoms with van der Waals surface area (Å²) in [6.07, 6.45) is 4.73. The van der Waals surface area contributed by atoms with E-state index in [1.807, 2.05) is 20.8 Å². The molecule has 0 aliphatic heterocycles. The van der Waals surface area contributed by atoms with Crippen LogP contribution in [-0.4, -0.2) is 23.0 Å². The van der Waals surface area contributed by atoms with Crippen LogP contribution in [0.25, 0.3) is 0 Å². The lowest BCUT2D eigenvalue weighted by Gasteiger charge is -2.58. The summed E-state index contributed by atoms with van der Waals surface area (Å²) in [5.74, 6) is 1.65. The van der Waals surface area contributed by atoms with Gasteiger partial charge in [-0.2, -0.15) is 0 Å². The molecule has 4 bridgehead atoms. The van der Waals surface area contributed by atoms with Gasteiger partial charge in [-0.3, -0.25) is 9.59 Å². The minimum Gasteiger partial charge on any atom is -0.369 e. The summed E-state index contributed by atoms with van der Waals surface area (Å²) in [5.41, 5.74) is 5.55. The van der Waals surface area contributed by atoms with Gasteiger partial charge in [-0.1, -0.05) is 25.9 Å². The average Bonchev–Trinajstić information content (AvgIpc) is 3.00. The lowest BCUT2D eigenvalue weighted by molar-refractivity contribution is -0.145. The Morgan fingerprint density at radius 3 is 2.40 bits per heavy atom. The van der Waals surface area contributed by atoms with E-state index >= 15 is 0 Å². The zero-order chi connectivity index (χ0) is 18.0. The first-order valence-electron chi connectivity index (χ1n) is 9.26. The number of rotatable bonds is 3. The van der Waals surface area contributed by atoms with Crippen molar-refractivity contribution in [2.45, 2.75) is 64.3 Å². The Kier molecular flexibility index (Phi) is 3.54. The summed E-state index contributed by atoms with van der Waals surface area (Å²) < 4.78 is 5.33. The number of hydrogen-bond acceptors (Lipinski definition) is 4. The maximum atomic E-state index is 12.7. The molecule has 0 spiro atoms. The fourth-order valence-electron chi connectivity index (χ4n) is 5.52. The van der Waals surface area contributed by atoms with Crippen LogP contribution < -0.4 is 11.1 Å². The van der Waals surface area contributed by atoms with Gasteiger partial charge in [0.1, 0.15) is 5.76 Å².